The van der Waals surface area contributed by atoms with E-state index < -0.39 is 6.10 Å². The minimum Gasteiger partial charge on any atom is -0.462 e. The third-order valence-electron chi connectivity index (χ3n) is 9.52. The zero-order valence-electron chi connectivity index (χ0n) is 36.4. The van der Waals surface area contributed by atoms with Crippen molar-refractivity contribution < 1.29 is 28.6 Å². The van der Waals surface area contributed by atoms with Crippen LogP contribution in [0.1, 0.15) is 207 Å². The number of allylic oxidation sites excluding steroid dienone is 12. The van der Waals surface area contributed by atoms with Crippen molar-refractivity contribution in [3.05, 3.63) is 72.9 Å². The molecule has 1 atom stereocenters. The Morgan fingerprint density at radius 2 is 0.786 bits per heavy atom. The lowest BCUT2D eigenvalue weighted by Gasteiger charge is -2.18. The van der Waals surface area contributed by atoms with Crippen LogP contribution in [0, 0.1) is 0 Å². The van der Waals surface area contributed by atoms with Crippen LogP contribution in [-0.4, -0.2) is 37.2 Å². The lowest BCUT2D eigenvalue weighted by molar-refractivity contribution is -0.167. The van der Waals surface area contributed by atoms with E-state index in [1.54, 1.807) is 0 Å². The summed E-state index contributed by atoms with van der Waals surface area (Å²) in [4.78, 5) is 37.7. The van der Waals surface area contributed by atoms with Gasteiger partial charge in [0, 0.05) is 19.3 Å². The molecule has 0 bridgehead atoms. The summed E-state index contributed by atoms with van der Waals surface area (Å²) < 4.78 is 16.7. The smallest absolute Gasteiger partial charge is 0.306 e. The Balaban J connectivity index is 4.46. The van der Waals surface area contributed by atoms with E-state index in [1.165, 1.54) is 64.2 Å². The molecular formula is C50H84O6. The molecule has 0 amide bonds. The van der Waals surface area contributed by atoms with Gasteiger partial charge in [-0.25, -0.2) is 0 Å². The number of carbonyl (C=O) groups is 3. The van der Waals surface area contributed by atoms with Crippen LogP contribution in [0.3, 0.4) is 0 Å². The van der Waals surface area contributed by atoms with E-state index in [9.17, 15) is 14.4 Å². The second-order valence-corrected chi connectivity index (χ2v) is 15.0. The molecule has 6 nitrogen and oxygen atoms in total. The van der Waals surface area contributed by atoms with Gasteiger partial charge in [-0.2, -0.15) is 0 Å². The van der Waals surface area contributed by atoms with Gasteiger partial charge in [-0.15, -0.1) is 0 Å². The Hall–Kier alpha value is -3.15. The van der Waals surface area contributed by atoms with Crippen LogP contribution >= 0.6 is 0 Å². The number of hydrogen-bond acceptors (Lipinski definition) is 6. The summed E-state index contributed by atoms with van der Waals surface area (Å²) in [7, 11) is 0. The van der Waals surface area contributed by atoms with E-state index in [0.717, 1.165) is 103 Å². The molecule has 320 valence electrons. The summed E-state index contributed by atoms with van der Waals surface area (Å²) in [5.41, 5.74) is 0. The average molecular weight is 781 g/mol. The molecule has 0 fully saturated rings. The van der Waals surface area contributed by atoms with Gasteiger partial charge in [0.2, 0.25) is 0 Å². The van der Waals surface area contributed by atoms with Crippen LogP contribution in [0.4, 0.5) is 0 Å². The van der Waals surface area contributed by atoms with Gasteiger partial charge in [0.1, 0.15) is 13.2 Å². The second-order valence-electron chi connectivity index (χ2n) is 15.0. The highest BCUT2D eigenvalue weighted by Gasteiger charge is 2.19. The van der Waals surface area contributed by atoms with Gasteiger partial charge in [-0.1, -0.05) is 190 Å². The van der Waals surface area contributed by atoms with Crippen molar-refractivity contribution in [3.63, 3.8) is 0 Å². The molecule has 1 unspecified atom stereocenters. The van der Waals surface area contributed by atoms with Gasteiger partial charge < -0.3 is 14.2 Å². The maximum absolute atomic E-state index is 12.7. The van der Waals surface area contributed by atoms with Crippen molar-refractivity contribution in [2.45, 2.75) is 213 Å². The maximum atomic E-state index is 12.7. The highest BCUT2D eigenvalue weighted by atomic mass is 16.6. The van der Waals surface area contributed by atoms with Crippen molar-refractivity contribution in [1.82, 2.24) is 0 Å². The third-order valence-corrected chi connectivity index (χ3v) is 9.52. The Kier molecular flexibility index (Phi) is 42.1. The molecule has 56 heavy (non-hydrogen) atoms. The van der Waals surface area contributed by atoms with Crippen LogP contribution < -0.4 is 0 Å². The number of unbranched alkanes of at least 4 members (excludes halogenated alkanes) is 19. The highest BCUT2D eigenvalue weighted by molar-refractivity contribution is 5.71. The molecular weight excluding hydrogens is 697 g/mol. The van der Waals surface area contributed by atoms with Gasteiger partial charge in [0.25, 0.3) is 0 Å². The van der Waals surface area contributed by atoms with Gasteiger partial charge >= 0.3 is 17.9 Å². The van der Waals surface area contributed by atoms with E-state index in [2.05, 4.69) is 93.7 Å². The first-order valence-electron chi connectivity index (χ1n) is 23.0. The van der Waals surface area contributed by atoms with Gasteiger partial charge in [-0.3, -0.25) is 14.4 Å². The van der Waals surface area contributed by atoms with E-state index in [-0.39, 0.29) is 31.1 Å². The quantitative estimate of drug-likeness (QED) is 0.0203. The molecule has 0 saturated carbocycles. The lowest BCUT2D eigenvalue weighted by Crippen LogP contribution is -2.30. The summed E-state index contributed by atoms with van der Waals surface area (Å²) in [5, 5.41) is 0. The fourth-order valence-electron chi connectivity index (χ4n) is 6.10. The predicted molar refractivity (Wildman–Crippen MR) is 238 cm³/mol. The Labute approximate surface area is 344 Å². The molecule has 0 N–H and O–H groups in total. The van der Waals surface area contributed by atoms with Crippen LogP contribution in [-0.2, 0) is 28.6 Å². The van der Waals surface area contributed by atoms with Gasteiger partial charge in [0.15, 0.2) is 6.10 Å². The normalized spacial score (nSPS) is 12.7. The third kappa shape index (κ3) is 42.0. The second kappa shape index (κ2) is 44.6. The first-order valence-corrected chi connectivity index (χ1v) is 23.0. The first-order chi connectivity index (χ1) is 27.5. The van der Waals surface area contributed by atoms with Crippen LogP contribution in [0.5, 0.6) is 0 Å². The van der Waals surface area contributed by atoms with Gasteiger partial charge in [0.05, 0.1) is 0 Å². The van der Waals surface area contributed by atoms with Gasteiger partial charge in [-0.05, 0) is 70.6 Å². The van der Waals surface area contributed by atoms with E-state index >= 15 is 0 Å². The topological polar surface area (TPSA) is 78.9 Å². The number of ether oxygens (including phenoxy) is 3. The molecule has 0 aliphatic carbocycles. The van der Waals surface area contributed by atoms with E-state index in [0.29, 0.717) is 19.3 Å². The molecule has 0 aliphatic rings. The molecule has 0 aromatic heterocycles. The monoisotopic (exact) mass is 781 g/mol. The molecule has 0 aromatic rings. The largest absolute Gasteiger partial charge is 0.462 e. The number of hydrogen-bond donors (Lipinski definition) is 0. The summed E-state index contributed by atoms with van der Waals surface area (Å²) in [6, 6.07) is 0. The summed E-state index contributed by atoms with van der Waals surface area (Å²) in [6.45, 7) is 6.32. The summed E-state index contributed by atoms with van der Waals surface area (Å²) in [6.07, 6.45) is 54.6. The molecule has 0 rings (SSSR count). The zero-order valence-corrected chi connectivity index (χ0v) is 36.4. The Morgan fingerprint density at radius 3 is 1.32 bits per heavy atom. The van der Waals surface area contributed by atoms with Crippen LogP contribution in [0.2, 0.25) is 0 Å². The molecule has 0 heterocycles. The minimum absolute atomic E-state index is 0.0976. The van der Waals surface area contributed by atoms with Crippen LogP contribution in [0.25, 0.3) is 0 Å². The Morgan fingerprint density at radius 1 is 0.393 bits per heavy atom. The van der Waals surface area contributed by atoms with Crippen LogP contribution in [0.15, 0.2) is 72.9 Å². The fraction of sp³-hybridized carbons (Fsp3) is 0.700. The van der Waals surface area contributed by atoms with Crippen molar-refractivity contribution >= 4 is 17.9 Å². The zero-order chi connectivity index (χ0) is 40.8. The van der Waals surface area contributed by atoms with E-state index in [1.807, 2.05) is 0 Å². The Bertz CT molecular complexity index is 1080. The highest BCUT2D eigenvalue weighted by Crippen LogP contribution is 2.14. The summed E-state index contributed by atoms with van der Waals surface area (Å²) in [5.74, 6) is -0.960. The molecule has 0 spiro atoms. The average Bonchev–Trinajstić information content (AvgIpc) is 3.19. The SMILES string of the molecule is CC\C=C/C=C\C=C/CCCCCCCC(=O)OCC(COC(=O)CCCC/C=C\C/C=C\C/C=C\CC)OC(=O)CCCCCCCCCCCCCCC. The number of carbonyl (C=O) groups excluding carboxylic acids is 3. The van der Waals surface area contributed by atoms with Crippen molar-refractivity contribution in [3.8, 4) is 0 Å². The summed E-state index contributed by atoms with van der Waals surface area (Å²) >= 11 is 0. The van der Waals surface area contributed by atoms with Crippen molar-refractivity contribution in [1.29, 1.82) is 0 Å². The number of esters is 3. The van der Waals surface area contributed by atoms with Crippen molar-refractivity contribution in [2.24, 2.45) is 0 Å². The maximum Gasteiger partial charge on any atom is 0.306 e. The van der Waals surface area contributed by atoms with Crippen molar-refractivity contribution in [2.75, 3.05) is 13.2 Å². The predicted octanol–water partition coefficient (Wildman–Crippen LogP) is 14.7. The standard InChI is InChI=1S/C50H84O6/c1-4-7-10-13-16-19-22-25-28-31-34-37-40-43-49(52)55-46-47(45-54-48(51)42-39-36-33-30-27-24-21-18-15-12-9-6-3)56-50(53)44-41-38-35-32-29-26-23-20-17-14-11-8-5-2/h7,9-10,12-13,16,18-19,21-22,27,30,47H,4-6,8,11,14-15,17,20,23-26,28-29,31-46H2,1-3H3/b10-7-,12-9-,16-13-,21-18-,22-19-,30-27-. The number of rotatable bonds is 40. The molecule has 0 aliphatic heterocycles. The van der Waals surface area contributed by atoms with E-state index in [4.69, 9.17) is 14.2 Å². The lowest BCUT2D eigenvalue weighted by atomic mass is 10.0. The molecule has 0 saturated heterocycles. The fourth-order valence-corrected chi connectivity index (χ4v) is 6.10. The molecule has 0 radical (unpaired) electrons. The minimum atomic E-state index is -0.795. The first kappa shape index (κ1) is 52.9. The molecule has 6 heteroatoms. The molecule has 0 aromatic carbocycles.